The number of nitrogens with two attached hydrogens (primary N) is 1. The summed E-state index contributed by atoms with van der Waals surface area (Å²) in [6.07, 6.45) is 5.95. The second-order valence-electron chi connectivity index (χ2n) is 5.15. The zero-order chi connectivity index (χ0) is 13.8. The van der Waals surface area contributed by atoms with Crippen molar-refractivity contribution in [3.8, 4) is 0 Å². The topological polar surface area (TPSA) is 94.1 Å². The summed E-state index contributed by atoms with van der Waals surface area (Å²) < 4.78 is 0. The van der Waals surface area contributed by atoms with E-state index in [2.05, 4.69) is 10.3 Å². The Labute approximate surface area is 112 Å². The summed E-state index contributed by atoms with van der Waals surface area (Å²) in [5.74, 6) is 1.20. The minimum atomic E-state index is -0.424. The number of hydrogen-bond acceptors (Lipinski definition) is 5. The monoisotopic (exact) mass is 264 g/mol. The molecule has 2 unspecified atom stereocenters. The van der Waals surface area contributed by atoms with Gasteiger partial charge in [0.1, 0.15) is 12.0 Å². The Hall–Kier alpha value is -1.69. The normalized spacial score (nSPS) is 23.1. The van der Waals surface area contributed by atoms with E-state index in [1.165, 1.54) is 19.0 Å². The van der Waals surface area contributed by atoms with Gasteiger partial charge in [-0.2, -0.15) is 0 Å². The fourth-order valence-electron chi connectivity index (χ4n) is 2.67. The van der Waals surface area contributed by atoms with Gasteiger partial charge in [0.2, 0.25) is 0 Å². The van der Waals surface area contributed by atoms with Crippen molar-refractivity contribution in [3.63, 3.8) is 0 Å². The molecule has 0 bridgehead atoms. The minimum Gasteiger partial charge on any atom is -0.367 e. The minimum absolute atomic E-state index is 0.0297. The average molecular weight is 264 g/mol. The highest BCUT2D eigenvalue weighted by atomic mass is 16.6. The van der Waals surface area contributed by atoms with E-state index in [0.717, 1.165) is 24.2 Å². The highest BCUT2D eigenvalue weighted by molar-refractivity contribution is 5.49. The third-order valence-corrected chi connectivity index (χ3v) is 3.81. The van der Waals surface area contributed by atoms with Gasteiger partial charge in [0, 0.05) is 12.1 Å². The van der Waals surface area contributed by atoms with Gasteiger partial charge < -0.3 is 11.1 Å². The van der Waals surface area contributed by atoms with Gasteiger partial charge in [-0.15, -0.1) is 0 Å². The standard InChI is InChI=1S/C13H20N4O2/c1-9-6-11(17(18)19)8-15-13(9)16-12-5-3-2-4-10(12)7-14/h6,8,10,12H,2-5,7,14H2,1H3,(H,15,16). The summed E-state index contributed by atoms with van der Waals surface area (Å²) in [7, 11) is 0. The van der Waals surface area contributed by atoms with Crippen molar-refractivity contribution < 1.29 is 4.92 Å². The van der Waals surface area contributed by atoms with Gasteiger partial charge in [-0.25, -0.2) is 4.98 Å². The molecule has 0 radical (unpaired) electrons. The molecule has 0 saturated heterocycles. The molecule has 1 aliphatic rings. The third kappa shape index (κ3) is 3.20. The largest absolute Gasteiger partial charge is 0.367 e. The maximum atomic E-state index is 10.7. The van der Waals surface area contributed by atoms with E-state index < -0.39 is 4.92 Å². The number of nitrogens with zero attached hydrogens (tertiary/aromatic N) is 2. The molecule has 3 N–H and O–H groups in total. The van der Waals surface area contributed by atoms with Crippen molar-refractivity contribution in [2.24, 2.45) is 11.7 Å². The van der Waals surface area contributed by atoms with Gasteiger partial charge >= 0.3 is 0 Å². The van der Waals surface area contributed by atoms with Crippen molar-refractivity contribution in [1.29, 1.82) is 0 Å². The van der Waals surface area contributed by atoms with Crippen LogP contribution in [-0.2, 0) is 0 Å². The molecular weight excluding hydrogens is 244 g/mol. The molecule has 1 fully saturated rings. The van der Waals surface area contributed by atoms with E-state index in [-0.39, 0.29) is 5.69 Å². The van der Waals surface area contributed by atoms with Crippen molar-refractivity contribution in [2.45, 2.75) is 38.6 Å². The van der Waals surface area contributed by atoms with Crippen LogP contribution in [0, 0.1) is 23.0 Å². The maximum Gasteiger partial charge on any atom is 0.287 e. The number of nitro groups is 1. The second-order valence-corrected chi connectivity index (χ2v) is 5.15. The molecule has 0 aliphatic heterocycles. The number of pyridine rings is 1. The third-order valence-electron chi connectivity index (χ3n) is 3.81. The molecule has 6 heteroatoms. The SMILES string of the molecule is Cc1cc([N+](=O)[O-])cnc1NC1CCCCC1CN. The molecule has 1 aromatic heterocycles. The lowest BCUT2D eigenvalue weighted by Gasteiger charge is -2.32. The number of rotatable bonds is 4. The smallest absolute Gasteiger partial charge is 0.287 e. The molecule has 1 aromatic rings. The maximum absolute atomic E-state index is 10.7. The Morgan fingerprint density at radius 3 is 2.89 bits per heavy atom. The molecule has 0 amide bonds. The highest BCUT2D eigenvalue weighted by Crippen LogP contribution is 2.27. The first kappa shape index (κ1) is 13.7. The molecule has 0 spiro atoms. The van der Waals surface area contributed by atoms with E-state index >= 15 is 0 Å². The quantitative estimate of drug-likeness (QED) is 0.642. The van der Waals surface area contributed by atoms with E-state index in [0.29, 0.717) is 18.5 Å². The van der Waals surface area contributed by atoms with E-state index in [1.54, 1.807) is 6.07 Å². The number of aromatic nitrogens is 1. The highest BCUT2D eigenvalue weighted by Gasteiger charge is 2.24. The predicted molar refractivity (Wildman–Crippen MR) is 74.1 cm³/mol. The van der Waals surface area contributed by atoms with Gasteiger partial charge in [0.15, 0.2) is 0 Å². The molecular formula is C13H20N4O2. The number of anilines is 1. The molecule has 2 atom stereocenters. The van der Waals surface area contributed by atoms with Gasteiger partial charge in [-0.1, -0.05) is 12.8 Å². The van der Waals surface area contributed by atoms with Crippen LogP contribution in [0.25, 0.3) is 0 Å². The van der Waals surface area contributed by atoms with E-state index in [4.69, 9.17) is 5.73 Å². The van der Waals surface area contributed by atoms with Gasteiger partial charge in [0.05, 0.1) is 4.92 Å². The van der Waals surface area contributed by atoms with Gasteiger partial charge in [0.25, 0.3) is 5.69 Å². The molecule has 1 aliphatic carbocycles. The van der Waals surface area contributed by atoms with Crippen LogP contribution in [0.4, 0.5) is 11.5 Å². The van der Waals surface area contributed by atoms with Gasteiger partial charge in [-0.05, 0) is 37.8 Å². The lowest BCUT2D eigenvalue weighted by molar-refractivity contribution is -0.385. The summed E-state index contributed by atoms with van der Waals surface area (Å²) in [5.41, 5.74) is 6.63. The fraction of sp³-hybridized carbons (Fsp3) is 0.615. The summed E-state index contributed by atoms with van der Waals surface area (Å²) in [5, 5.41) is 14.1. The van der Waals surface area contributed by atoms with E-state index in [9.17, 15) is 10.1 Å². The summed E-state index contributed by atoms with van der Waals surface area (Å²) >= 11 is 0. The molecule has 6 nitrogen and oxygen atoms in total. The summed E-state index contributed by atoms with van der Waals surface area (Å²) in [6.45, 7) is 2.51. The molecule has 1 heterocycles. The molecule has 1 saturated carbocycles. The summed E-state index contributed by atoms with van der Waals surface area (Å²) in [6, 6.07) is 1.88. The zero-order valence-electron chi connectivity index (χ0n) is 11.1. The fourth-order valence-corrected chi connectivity index (χ4v) is 2.67. The first-order chi connectivity index (χ1) is 9.11. The molecule has 19 heavy (non-hydrogen) atoms. The Morgan fingerprint density at radius 1 is 1.53 bits per heavy atom. The average Bonchev–Trinajstić information content (AvgIpc) is 2.41. The Kier molecular flexibility index (Phi) is 4.31. The van der Waals surface area contributed by atoms with Crippen LogP contribution in [0.5, 0.6) is 0 Å². The Balaban J connectivity index is 2.11. The van der Waals surface area contributed by atoms with E-state index in [1.807, 2.05) is 6.92 Å². The Bertz CT molecular complexity index is 464. The van der Waals surface area contributed by atoms with Crippen LogP contribution >= 0.6 is 0 Å². The molecule has 104 valence electrons. The molecule has 0 aromatic carbocycles. The number of hydrogen-bond donors (Lipinski definition) is 2. The van der Waals surface area contributed by atoms with Crippen molar-refractivity contribution >= 4 is 11.5 Å². The first-order valence-electron chi connectivity index (χ1n) is 6.69. The zero-order valence-corrected chi connectivity index (χ0v) is 11.1. The van der Waals surface area contributed by atoms with Crippen molar-refractivity contribution in [2.75, 3.05) is 11.9 Å². The lowest BCUT2D eigenvalue weighted by Crippen LogP contribution is -2.37. The van der Waals surface area contributed by atoms with Crippen LogP contribution in [-0.4, -0.2) is 22.5 Å². The van der Waals surface area contributed by atoms with Crippen LogP contribution in [0.2, 0.25) is 0 Å². The lowest BCUT2D eigenvalue weighted by atomic mass is 9.84. The second kappa shape index (κ2) is 5.97. The van der Waals surface area contributed by atoms with Crippen LogP contribution < -0.4 is 11.1 Å². The Morgan fingerprint density at radius 2 is 2.26 bits per heavy atom. The van der Waals surface area contributed by atoms with Crippen LogP contribution in [0.3, 0.4) is 0 Å². The molecule has 2 rings (SSSR count). The summed E-state index contributed by atoms with van der Waals surface area (Å²) in [4.78, 5) is 14.4. The number of nitrogens with one attached hydrogen (secondary N) is 1. The van der Waals surface area contributed by atoms with Crippen LogP contribution in [0.15, 0.2) is 12.3 Å². The van der Waals surface area contributed by atoms with Crippen LogP contribution in [0.1, 0.15) is 31.2 Å². The van der Waals surface area contributed by atoms with Crippen molar-refractivity contribution in [3.05, 3.63) is 27.9 Å². The predicted octanol–water partition coefficient (Wildman–Crippen LogP) is 2.23. The van der Waals surface area contributed by atoms with Gasteiger partial charge in [-0.3, -0.25) is 10.1 Å². The number of aryl methyl sites for hydroxylation is 1. The first-order valence-corrected chi connectivity index (χ1v) is 6.69. The van der Waals surface area contributed by atoms with Crippen molar-refractivity contribution in [1.82, 2.24) is 4.98 Å².